The molecule has 0 spiro atoms. The van der Waals surface area contributed by atoms with E-state index in [1.165, 1.54) is 0 Å². The van der Waals surface area contributed by atoms with Crippen molar-refractivity contribution in [1.29, 1.82) is 0 Å². The molecule has 0 saturated carbocycles. The summed E-state index contributed by atoms with van der Waals surface area (Å²) in [5.41, 5.74) is 4.98. The number of carbonyl (C=O) groups is 2. The van der Waals surface area contributed by atoms with Crippen LogP contribution in [0, 0.1) is 0 Å². The lowest BCUT2D eigenvalue weighted by Crippen LogP contribution is -2.27. The number of ether oxygens (including phenoxy) is 1. The van der Waals surface area contributed by atoms with Crippen molar-refractivity contribution in [2.24, 2.45) is 5.73 Å². The van der Waals surface area contributed by atoms with Crippen molar-refractivity contribution in [2.45, 2.75) is 0 Å². The van der Waals surface area contributed by atoms with Gasteiger partial charge in [-0.2, -0.15) is 0 Å². The Morgan fingerprint density at radius 3 is 2.29 bits per heavy atom. The fourth-order valence-electron chi connectivity index (χ4n) is 0.736. The van der Waals surface area contributed by atoms with Crippen LogP contribution in [0.4, 0.5) is 0 Å². The summed E-state index contributed by atoms with van der Waals surface area (Å²) in [6.45, 7) is -0.328. The zero-order chi connectivity index (χ0) is 9.68. The normalized spacial score (nSPS) is 8.64. The maximum atomic E-state index is 10.9. The van der Waals surface area contributed by atoms with Gasteiger partial charge in [0, 0.05) is 0 Å². The summed E-state index contributed by atoms with van der Waals surface area (Å²) in [5, 5.41) is 0. The SMILES string of the molecule is NCC(=O)C(=O)Oc1ccccc1.O. The number of rotatable bonds is 3. The molecule has 0 aliphatic rings. The van der Waals surface area contributed by atoms with Gasteiger partial charge >= 0.3 is 5.97 Å². The van der Waals surface area contributed by atoms with Crippen molar-refractivity contribution in [3.8, 4) is 5.75 Å². The number of nitrogens with two attached hydrogens (primary N) is 1. The highest BCUT2D eigenvalue weighted by Gasteiger charge is 2.13. The standard InChI is InChI=1S/C9H9NO3.H2O/c10-6-8(11)9(12)13-7-4-2-1-3-5-7;/h1-5H,6,10H2;1H2. The highest BCUT2D eigenvalue weighted by molar-refractivity contribution is 6.34. The molecule has 0 aromatic heterocycles. The molecule has 1 rings (SSSR count). The van der Waals surface area contributed by atoms with Crippen LogP contribution in [-0.2, 0) is 9.59 Å². The molecule has 0 amide bonds. The molecule has 76 valence electrons. The Morgan fingerprint density at radius 2 is 1.79 bits per heavy atom. The number of benzene rings is 1. The smallest absolute Gasteiger partial charge is 0.381 e. The Kier molecular flexibility index (Phi) is 5.13. The lowest BCUT2D eigenvalue weighted by atomic mass is 10.3. The quantitative estimate of drug-likeness (QED) is 0.393. The fourth-order valence-corrected chi connectivity index (χ4v) is 0.736. The largest absolute Gasteiger partial charge is 0.421 e. The van der Waals surface area contributed by atoms with Crippen molar-refractivity contribution >= 4 is 11.8 Å². The third-order valence-corrected chi connectivity index (χ3v) is 1.37. The topological polar surface area (TPSA) is 101 Å². The Balaban J connectivity index is 0.00000169. The van der Waals surface area contributed by atoms with E-state index >= 15 is 0 Å². The molecule has 0 bridgehead atoms. The van der Waals surface area contributed by atoms with E-state index in [0.29, 0.717) is 5.75 Å². The molecular formula is C9H11NO4. The lowest BCUT2D eigenvalue weighted by molar-refractivity contribution is -0.146. The van der Waals surface area contributed by atoms with E-state index < -0.39 is 11.8 Å². The van der Waals surface area contributed by atoms with Crippen LogP contribution in [0.15, 0.2) is 30.3 Å². The van der Waals surface area contributed by atoms with Gasteiger partial charge in [-0.05, 0) is 12.1 Å². The van der Waals surface area contributed by atoms with Crippen LogP contribution in [0.25, 0.3) is 0 Å². The first-order chi connectivity index (χ1) is 6.24. The highest BCUT2D eigenvalue weighted by Crippen LogP contribution is 2.08. The first-order valence-corrected chi connectivity index (χ1v) is 3.74. The van der Waals surface area contributed by atoms with Gasteiger partial charge in [0.15, 0.2) is 0 Å². The Labute approximate surface area is 80.8 Å². The predicted octanol–water partition coefficient (Wildman–Crippen LogP) is -0.705. The Bertz CT molecular complexity index is 310. The molecule has 4 N–H and O–H groups in total. The zero-order valence-electron chi connectivity index (χ0n) is 7.40. The van der Waals surface area contributed by atoms with Crippen LogP contribution in [-0.4, -0.2) is 23.8 Å². The first kappa shape index (κ1) is 12.3. The van der Waals surface area contributed by atoms with Crippen LogP contribution in [0.5, 0.6) is 5.75 Å². The number of carbonyl (C=O) groups excluding carboxylic acids is 2. The molecule has 1 aromatic rings. The molecule has 0 unspecified atom stereocenters. The Hall–Kier alpha value is -1.72. The second kappa shape index (κ2) is 5.85. The summed E-state index contributed by atoms with van der Waals surface area (Å²) in [4.78, 5) is 21.6. The van der Waals surface area contributed by atoms with Crippen LogP contribution >= 0.6 is 0 Å². The van der Waals surface area contributed by atoms with Crippen molar-refractivity contribution in [3.05, 3.63) is 30.3 Å². The molecule has 0 atom stereocenters. The van der Waals surface area contributed by atoms with Crippen molar-refractivity contribution in [2.75, 3.05) is 6.54 Å². The van der Waals surface area contributed by atoms with Gasteiger partial charge in [-0.1, -0.05) is 18.2 Å². The van der Waals surface area contributed by atoms with E-state index in [-0.39, 0.29) is 12.0 Å². The number of ketones is 1. The molecule has 0 aliphatic heterocycles. The summed E-state index contributed by atoms with van der Waals surface area (Å²) < 4.78 is 4.70. The molecular weight excluding hydrogens is 186 g/mol. The molecule has 0 radical (unpaired) electrons. The van der Waals surface area contributed by atoms with Crippen LogP contribution in [0.2, 0.25) is 0 Å². The van der Waals surface area contributed by atoms with Crippen molar-refractivity contribution < 1.29 is 19.8 Å². The van der Waals surface area contributed by atoms with E-state index in [1.54, 1.807) is 30.3 Å². The van der Waals surface area contributed by atoms with Gasteiger partial charge in [-0.25, -0.2) is 4.79 Å². The first-order valence-electron chi connectivity index (χ1n) is 3.74. The summed E-state index contributed by atoms with van der Waals surface area (Å²) in [7, 11) is 0. The van der Waals surface area contributed by atoms with Crippen LogP contribution in [0.1, 0.15) is 0 Å². The van der Waals surface area contributed by atoms with Gasteiger partial charge in [0.05, 0.1) is 6.54 Å². The monoisotopic (exact) mass is 197 g/mol. The van der Waals surface area contributed by atoms with E-state index in [9.17, 15) is 9.59 Å². The lowest BCUT2D eigenvalue weighted by Gasteiger charge is -2.00. The van der Waals surface area contributed by atoms with Gasteiger partial charge < -0.3 is 15.9 Å². The molecule has 14 heavy (non-hydrogen) atoms. The average Bonchev–Trinajstić information content (AvgIpc) is 2.18. The third-order valence-electron chi connectivity index (χ3n) is 1.37. The Morgan fingerprint density at radius 1 is 1.21 bits per heavy atom. The predicted molar refractivity (Wildman–Crippen MR) is 49.8 cm³/mol. The van der Waals surface area contributed by atoms with Gasteiger partial charge in [-0.15, -0.1) is 0 Å². The van der Waals surface area contributed by atoms with Gasteiger partial charge in [0.25, 0.3) is 5.78 Å². The van der Waals surface area contributed by atoms with Crippen molar-refractivity contribution in [1.82, 2.24) is 0 Å². The van der Waals surface area contributed by atoms with Gasteiger partial charge in [-0.3, -0.25) is 4.79 Å². The second-order valence-corrected chi connectivity index (χ2v) is 2.33. The van der Waals surface area contributed by atoms with Crippen LogP contribution < -0.4 is 10.5 Å². The number of Topliss-reactive ketones (excluding diaryl/α,β-unsaturated/α-hetero) is 1. The van der Waals surface area contributed by atoms with E-state index in [4.69, 9.17) is 10.5 Å². The van der Waals surface area contributed by atoms with E-state index in [1.807, 2.05) is 0 Å². The van der Waals surface area contributed by atoms with Crippen LogP contribution in [0.3, 0.4) is 0 Å². The molecule has 0 aliphatic carbocycles. The summed E-state index contributed by atoms with van der Waals surface area (Å²) in [5.74, 6) is -1.31. The highest BCUT2D eigenvalue weighted by atomic mass is 16.5. The fraction of sp³-hybridized carbons (Fsp3) is 0.111. The maximum absolute atomic E-state index is 10.9. The number of hydrogen-bond donors (Lipinski definition) is 1. The van der Waals surface area contributed by atoms with Gasteiger partial charge in [0.1, 0.15) is 5.75 Å². The number of esters is 1. The zero-order valence-corrected chi connectivity index (χ0v) is 7.40. The molecule has 0 heterocycles. The number of hydrogen-bond acceptors (Lipinski definition) is 4. The molecule has 5 nitrogen and oxygen atoms in total. The summed E-state index contributed by atoms with van der Waals surface area (Å²) >= 11 is 0. The summed E-state index contributed by atoms with van der Waals surface area (Å²) in [6, 6.07) is 8.36. The molecule has 0 saturated heterocycles. The minimum absolute atomic E-state index is 0. The van der Waals surface area contributed by atoms with Gasteiger partial charge in [0.2, 0.25) is 0 Å². The van der Waals surface area contributed by atoms with E-state index in [2.05, 4.69) is 0 Å². The average molecular weight is 197 g/mol. The molecule has 1 aromatic carbocycles. The maximum Gasteiger partial charge on any atom is 0.381 e. The number of para-hydroxylation sites is 1. The summed E-state index contributed by atoms with van der Waals surface area (Å²) in [6.07, 6.45) is 0. The second-order valence-electron chi connectivity index (χ2n) is 2.33. The molecule has 5 heteroatoms. The molecule has 0 fully saturated rings. The van der Waals surface area contributed by atoms with Crippen molar-refractivity contribution in [3.63, 3.8) is 0 Å². The minimum atomic E-state index is -0.922. The third kappa shape index (κ3) is 3.34. The van der Waals surface area contributed by atoms with E-state index in [0.717, 1.165) is 0 Å². The minimum Gasteiger partial charge on any atom is -0.421 e.